The lowest BCUT2D eigenvalue weighted by Gasteiger charge is -2.08. The molecule has 1 N–H and O–H groups in total. The van der Waals surface area contributed by atoms with Gasteiger partial charge in [0.15, 0.2) is 6.61 Å². The molecule has 1 heterocycles. The number of aryl methyl sites for hydroxylation is 2. The van der Waals surface area contributed by atoms with E-state index in [9.17, 15) is 14.4 Å². The number of rotatable bonds is 8. The molecule has 144 valence electrons. The second-order valence-corrected chi connectivity index (χ2v) is 5.89. The molecule has 0 aliphatic heterocycles. The largest absolute Gasteiger partial charge is 0.462 e. The van der Waals surface area contributed by atoms with Crippen LogP contribution in [-0.2, 0) is 14.3 Å². The van der Waals surface area contributed by atoms with Crippen molar-refractivity contribution in [3.8, 4) is 0 Å². The van der Waals surface area contributed by atoms with Crippen LogP contribution in [0.15, 0.2) is 28.8 Å². The first-order valence-corrected chi connectivity index (χ1v) is 8.59. The molecule has 2 aromatic rings. The van der Waals surface area contributed by atoms with Crippen molar-refractivity contribution in [2.45, 2.75) is 33.6 Å². The van der Waals surface area contributed by atoms with Gasteiger partial charge in [-0.05, 0) is 44.5 Å². The molecule has 8 nitrogen and oxygen atoms in total. The lowest BCUT2D eigenvalue weighted by atomic mass is 10.2. The molecule has 0 aliphatic rings. The van der Waals surface area contributed by atoms with Crippen LogP contribution in [0, 0.1) is 13.8 Å². The molecule has 0 aliphatic carbocycles. The first kappa shape index (κ1) is 20.2. The number of hydrogen-bond donors (Lipinski definition) is 1. The highest BCUT2D eigenvalue weighted by molar-refractivity contribution is 5.96. The van der Waals surface area contributed by atoms with Crippen LogP contribution in [0.4, 0.5) is 5.69 Å². The standard InChI is InChI=1S/C19H22N2O6/c1-4-5-10-25-18(23)14-6-8-15(9-7-14)20-16(22)11-26-19(24)17-12(2)21-27-13(17)3/h6-9H,4-5,10-11H2,1-3H3,(H,20,22). The zero-order valence-electron chi connectivity index (χ0n) is 15.5. The van der Waals surface area contributed by atoms with E-state index in [1.165, 1.54) is 0 Å². The van der Waals surface area contributed by atoms with Gasteiger partial charge >= 0.3 is 11.9 Å². The van der Waals surface area contributed by atoms with Crippen LogP contribution < -0.4 is 5.32 Å². The molecule has 1 amide bonds. The van der Waals surface area contributed by atoms with Gasteiger partial charge in [0.1, 0.15) is 11.3 Å². The average molecular weight is 374 g/mol. The number of nitrogens with zero attached hydrogens (tertiary/aromatic N) is 1. The Balaban J connectivity index is 1.83. The first-order valence-electron chi connectivity index (χ1n) is 8.59. The topological polar surface area (TPSA) is 108 Å². The summed E-state index contributed by atoms with van der Waals surface area (Å²) in [5.74, 6) is -1.26. The number of benzene rings is 1. The van der Waals surface area contributed by atoms with Gasteiger partial charge in [-0.2, -0.15) is 0 Å². The predicted molar refractivity (Wildman–Crippen MR) is 96.5 cm³/mol. The second-order valence-electron chi connectivity index (χ2n) is 5.89. The summed E-state index contributed by atoms with van der Waals surface area (Å²) in [6, 6.07) is 6.26. The minimum Gasteiger partial charge on any atom is -0.462 e. The minimum atomic E-state index is -0.674. The maximum absolute atomic E-state index is 12.0. The van der Waals surface area contributed by atoms with Crippen molar-refractivity contribution in [1.29, 1.82) is 0 Å². The molecular formula is C19H22N2O6. The molecule has 0 unspecified atom stereocenters. The molecule has 0 fully saturated rings. The monoisotopic (exact) mass is 374 g/mol. The van der Waals surface area contributed by atoms with Crippen molar-refractivity contribution in [1.82, 2.24) is 5.16 Å². The van der Waals surface area contributed by atoms with Crippen LogP contribution in [0.5, 0.6) is 0 Å². The molecular weight excluding hydrogens is 352 g/mol. The summed E-state index contributed by atoms with van der Waals surface area (Å²) in [7, 11) is 0. The van der Waals surface area contributed by atoms with Crippen molar-refractivity contribution in [3.05, 3.63) is 46.8 Å². The predicted octanol–water partition coefficient (Wildman–Crippen LogP) is 3.04. The van der Waals surface area contributed by atoms with Crippen LogP contribution in [0.3, 0.4) is 0 Å². The van der Waals surface area contributed by atoms with E-state index in [0.717, 1.165) is 12.8 Å². The Labute approximate surface area is 156 Å². The van der Waals surface area contributed by atoms with Gasteiger partial charge in [0, 0.05) is 5.69 Å². The van der Waals surface area contributed by atoms with Gasteiger partial charge in [-0.25, -0.2) is 9.59 Å². The van der Waals surface area contributed by atoms with Gasteiger partial charge < -0.3 is 19.3 Å². The van der Waals surface area contributed by atoms with Gasteiger partial charge in [0.2, 0.25) is 0 Å². The van der Waals surface area contributed by atoms with Gasteiger partial charge in [0.05, 0.1) is 17.9 Å². The molecule has 0 bridgehead atoms. The highest BCUT2D eigenvalue weighted by Gasteiger charge is 2.20. The third kappa shape index (κ3) is 5.67. The number of amides is 1. The van der Waals surface area contributed by atoms with Crippen molar-refractivity contribution >= 4 is 23.5 Å². The van der Waals surface area contributed by atoms with Crippen LogP contribution in [-0.4, -0.2) is 36.2 Å². The fraction of sp³-hybridized carbons (Fsp3) is 0.368. The maximum atomic E-state index is 12.0. The van der Waals surface area contributed by atoms with Gasteiger partial charge in [0.25, 0.3) is 5.91 Å². The summed E-state index contributed by atoms with van der Waals surface area (Å²) in [4.78, 5) is 35.7. The molecule has 2 rings (SSSR count). The van der Waals surface area contributed by atoms with Gasteiger partial charge in [-0.15, -0.1) is 0 Å². The highest BCUT2D eigenvalue weighted by atomic mass is 16.5. The van der Waals surface area contributed by atoms with Crippen LogP contribution in [0.25, 0.3) is 0 Å². The average Bonchev–Trinajstić information content (AvgIpc) is 2.99. The number of carbonyl (C=O) groups excluding carboxylic acids is 3. The summed E-state index contributed by atoms with van der Waals surface area (Å²) < 4.78 is 15.0. The summed E-state index contributed by atoms with van der Waals surface area (Å²) in [5, 5.41) is 6.25. The SMILES string of the molecule is CCCCOC(=O)c1ccc(NC(=O)COC(=O)c2c(C)noc2C)cc1. The zero-order valence-corrected chi connectivity index (χ0v) is 15.5. The summed E-state index contributed by atoms with van der Waals surface area (Å²) in [6.07, 6.45) is 1.76. The molecule has 0 spiro atoms. The second kappa shape index (κ2) is 9.51. The highest BCUT2D eigenvalue weighted by Crippen LogP contribution is 2.14. The van der Waals surface area contributed by atoms with Crippen LogP contribution in [0.1, 0.15) is 51.9 Å². The molecule has 0 saturated carbocycles. The zero-order chi connectivity index (χ0) is 19.8. The summed E-state index contributed by atoms with van der Waals surface area (Å²) >= 11 is 0. The Morgan fingerprint density at radius 2 is 1.78 bits per heavy atom. The molecule has 27 heavy (non-hydrogen) atoms. The Morgan fingerprint density at radius 1 is 1.07 bits per heavy atom. The molecule has 1 aromatic heterocycles. The molecule has 0 saturated heterocycles. The Bertz CT molecular complexity index is 791. The Morgan fingerprint density at radius 3 is 2.37 bits per heavy atom. The Kier molecular flexibility index (Phi) is 7.10. The summed E-state index contributed by atoms with van der Waals surface area (Å²) in [5.41, 5.74) is 1.49. The fourth-order valence-electron chi connectivity index (χ4n) is 2.26. The number of hydrogen-bond acceptors (Lipinski definition) is 7. The van der Waals surface area contributed by atoms with E-state index in [1.807, 2.05) is 6.92 Å². The van der Waals surface area contributed by atoms with E-state index in [2.05, 4.69) is 10.5 Å². The number of aromatic nitrogens is 1. The van der Waals surface area contributed by atoms with E-state index in [1.54, 1.807) is 38.1 Å². The van der Waals surface area contributed by atoms with Crippen LogP contribution >= 0.6 is 0 Å². The molecule has 1 aromatic carbocycles. The van der Waals surface area contributed by atoms with Crippen LogP contribution in [0.2, 0.25) is 0 Å². The van der Waals surface area contributed by atoms with E-state index in [0.29, 0.717) is 29.3 Å². The number of nitrogens with one attached hydrogen (secondary N) is 1. The van der Waals surface area contributed by atoms with E-state index >= 15 is 0 Å². The van der Waals surface area contributed by atoms with E-state index in [-0.39, 0.29) is 5.56 Å². The molecule has 0 radical (unpaired) electrons. The van der Waals surface area contributed by atoms with Crippen molar-refractivity contribution in [2.24, 2.45) is 0 Å². The number of unbranched alkanes of at least 4 members (excludes halogenated alkanes) is 1. The van der Waals surface area contributed by atoms with Crippen molar-refractivity contribution < 1.29 is 28.4 Å². The number of anilines is 1. The quantitative estimate of drug-likeness (QED) is 0.559. The van der Waals surface area contributed by atoms with Gasteiger partial charge in [-0.3, -0.25) is 4.79 Å². The fourth-order valence-corrected chi connectivity index (χ4v) is 2.26. The third-order valence-electron chi connectivity index (χ3n) is 3.71. The van der Waals surface area contributed by atoms with E-state index < -0.39 is 24.5 Å². The maximum Gasteiger partial charge on any atom is 0.344 e. The lowest BCUT2D eigenvalue weighted by Crippen LogP contribution is -2.21. The number of esters is 2. The minimum absolute atomic E-state index is 0.216. The van der Waals surface area contributed by atoms with Gasteiger partial charge in [-0.1, -0.05) is 18.5 Å². The molecule has 8 heteroatoms. The smallest absolute Gasteiger partial charge is 0.344 e. The Hall–Kier alpha value is -3.16. The van der Waals surface area contributed by atoms with Crippen molar-refractivity contribution in [3.63, 3.8) is 0 Å². The third-order valence-corrected chi connectivity index (χ3v) is 3.71. The van der Waals surface area contributed by atoms with E-state index in [4.69, 9.17) is 14.0 Å². The first-order chi connectivity index (χ1) is 12.9. The molecule has 0 atom stereocenters. The van der Waals surface area contributed by atoms with Crippen molar-refractivity contribution in [2.75, 3.05) is 18.5 Å². The lowest BCUT2D eigenvalue weighted by molar-refractivity contribution is -0.119. The normalized spacial score (nSPS) is 10.3. The number of carbonyl (C=O) groups is 3. The summed E-state index contributed by atoms with van der Waals surface area (Å²) in [6.45, 7) is 5.14. The number of ether oxygens (including phenoxy) is 2.